The molecule has 2 atom stereocenters. The van der Waals surface area contributed by atoms with E-state index in [0.29, 0.717) is 71.1 Å². The number of aromatic nitrogens is 4. The highest BCUT2D eigenvalue weighted by Crippen LogP contribution is 2.38. The Balaban J connectivity index is 0.000000237. The lowest BCUT2D eigenvalue weighted by atomic mass is 10.2. The standard InChI is InChI=1S/C22H23ClFN5O3.C21H21ClFN5O3.CH4.ClH/c1-13-11-28(2)7-8-29(13)22(30)32-19-9-14-17(10-18(19)31-3)25-12-26-21(14)27-16-6-4-5-15(23)20(16)24;1-12-10-24-6-7-28(12)21(29)31-18-8-13-16(9-17(18)30-2)25-11-26-20(13)27-15-5-3-4-14(22)19(15)23;;/h4-6,9-10,12-13H,7-8,11H2,1-3H3,(H,25,26,27);3-5,8-9,11-12,24H,6-7,10H2,1-2H3,(H,25,26,27);1H4;1H. The SMILES string of the molecule is C.COc1cc2ncnc(Nc3cccc(Cl)c3F)c2cc1OC(=O)N1CCN(C)CC1C.COc1cc2ncnc(Nc3cccc(Cl)c3F)c2cc1OC(=O)N1CCNCC1C.Cl. The van der Waals surface area contributed by atoms with Crippen molar-refractivity contribution in [3.05, 3.63) is 95.0 Å². The van der Waals surface area contributed by atoms with Crippen molar-refractivity contribution < 1.29 is 37.3 Å². The number of piperazine rings is 2. The Bertz CT molecular complexity index is 2650. The number of benzene rings is 4. The third-order valence-corrected chi connectivity index (χ3v) is 11.0. The first-order valence-electron chi connectivity index (χ1n) is 19.8. The zero-order valence-electron chi connectivity index (χ0n) is 35.3. The number of anilines is 4. The second kappa shape index (κ2) is 22.2. The summed E-state index contributed by atoms with van der Waals surface area (Å²) < 4.78 is 50.9. The number of fused-ring (bicyclic) bond motifs is 2. The normalized spacial score (nSPS) is 16.0. The van der Waals surface area contributed by atoms with Gasteiger partial charge in [0.15, 0.2) is 34.6 Å². The van der Waals surface area contributed by atoms with Crippen molar-refractivity contribution in [3.63, 3.8) is 0 Å². The number of methoxy groups -OCH3 is 2. The summed E-state index contributed by atoms with van der Waals surface area (Å²) in [6, 6.07) is 15.8. The van der Waals surface area contributed by atoms with E-state index in [1.54, 1.807) is 58.3 Å². The fourth-order valence-electron chi connectivity index (χ4n) is 7.09. The second-order valence-electron chi connectivity index (χ2n) is 14.7. The number of likely N-dealkylation sites (N-methyl/N-ethyl adjacent to an activating group) is 1. The number of carbonyl (C=O) groups excluding carboxylic acids is 2. The Morgan fingerprint density at radius 2 is 1.18 bits per heavy atom. The summed E-state index contributed by atoms with van der Waals surface area (Å²) >= 11 is 11.8. The van der Waals surface area contributed by atoms with Crippen LogP contribution in [0.15, 0.2) is 73.3 Å². The highest BCUT2D eigenvalue weighted by molar-refractivity contribution is 6.31. The Labute approximate surface area is 390 Å². The highest BCUT2D eigenvalue weighted by atomic mass is 35.5. The van der Waals surface area contributed by atoms with E-state index in [1.165, 1.54) is 39.0 Å². The van der Waals surface area contributed by atoms with Crippen LogP contribution in [0.3, 0.4) is 0 Å². The van der Waals surface area contributed by atoms with E-state index in [9.17, 15) is 18.4 Å². The quantitative estimate of drug-likeness (QED) is 0.132. The van der Waals surface area contributed by atoms with Crippen molar-refractivity contribution in [2.75, 3.05) is 71.2 Å². The zero-order valence-corrected chi connectivity index (χ0v) is 37.7. The van der Waals surface area contributed by atoms with Crippen LogP contribution in [0.2, 0.25) is 10.0 Å². The highest BCUT2D eigenvalue weighted by Gasteiger charge is 2.29. The molecule has 0 bridgehead atoms. The van der Waals surface area contributed by atoms with E-state index < -0.39 is 23.8 Å². The summed E-state index contributed by atoms with van der Waals surface area (Å²) in [4.78, 5) is 48.1. The second-order valence-corrected chi connectivity index (χ2v) is 15.5. The molecule has 6 aromatic rings. The molecule has 0 spiro atoms. The maximum Gasteiger partial charge on any atom is 0.415 e. The Hall–Kier alpha value is -6.05. The molecule has 4 aromatic carbocycles. The largest absolute Gasteiger partial charge is 0.493 e. The van der Waals surface area contributed by atoms with Crippen molar-refractivity contribution in [3.8, 4) is 23.0 Å². The molecule has 2 amide bonds. The lowest BCUT2D eigenvalue weighted by molar-refractivity contribution is 0.0886. The molecule has 8 rings (SSSR count). The first-order chi connectivity index (χ1) is 30.3. The van der Waals surface area contributed by atoms with Gasteiger partial charge in [0.05, 0.1) is 46.7 Å². The number of ether oxygens (including phenoxy) is 4. The van der Waals surface area contributed by atoms with Crippen molar-refractivity contribution in [1.29, 1.82) is 0 Å². The molecule has 2 aliphatic rings. The van der Waals surface area contributed by atoms with Crippen LogP contribution in [0.1, 0.15) is 21.3 Å². The Morgan fingerprint density at radius 3 is 1.63 bits per heavy atom. The molecule has 0 aliphatic carbocycles. The first-order valence-corrected chi connectivity index (χ1v) is 20.5. The van der Waals surface area contributed by atoms with Crippen LogP contribution in [0.4, 0.5) is 41.4 Å². The molecular weight excluding hydrogens is 909 g/mol. The molecular formula is C44H49Cl3F2N10O6. The van der Waals surface area contributed by atoms with E-state index in [0.717, 1.165) is 13.1 Å². The van der Waals surface area contributed by atoms with Crippen LogP contribution >= 0.6 is 35.6 Å². The van der Waals surface area contributed by atoms with Gasteiger partial charge in [-0.1, -0.05) is 42.8 Å². The van der Waals surface area contributed by atoms with Gasteiger partial charge in [0.1, 0.15) is 24.3 Å². The number of carbonyl (C=O) groups is 2. The molecule has 0 saturated carbocycles. The molecule has 4 heterocycles. The molecule has 65 heavy (non-hydrogen) atoms. The van der Waals surface area contributed by atoms with Gasteiger partial charge in [0.25, 0.3) is 0 Å². The average Bonchev–Trinajstić information content (AvgIpc) is 3.27. The molecule has 2 unspecified atom stereocenters. The van der Waals surface area contributed by atoms with Crippen LogP contribution in [0.5, 0.6) is 23.0 Å². The fourth-order valence-corrected chi connectivity index (χ4v) is 7.44. The van der Waals surface area contributed by atoms with Crippen molar-refractivity contribution in [1.82, 2.24) is 40.0 Å². The molecule has 0 radical (unpaired) electrons. The number of halogens is 5. The van der Waals surface area contributed by atoms with Gasteiger partial charge in [-0.15, -0.1) is 12.4 Å². The van der Waals surface area contributed by atoms with E-state index in [4.69, 9.17) is 42.1 Å². The van der Waals surface area contributed by atoms with Crippen LogP contribution in [-0.4, -0.2) is 119 Å². The minimum Gasteiger partial charge on any atom is -0.493 e. The predicted octanol–water partition coefficient (Wildman–Crippen LogP) is 9.33. The number of hydrogen-bond donors (Lipinski definition) is 3. The van der Waals surface area contributed by atoms with Crippen LogP contribution in [0.25, 0.3) is 21.8 Å². The third kappa shape index (κ3) is 11.4. The molecule has 21 heteroatoms. The summed E-state index contributed by atoms with van der Waals surface area (Å²) in [6.45, 7) is 7.94. The summed E-state index contributed by atoms with van der Waals surface area (Å²) in [5.41, 5.74) is 1.40. The molecule has 2 saturated heterocycles. The summed E-state index contributed by atoms with van der Waals surface area (Å²) in [7, 11) is 4.98. The van der Waals surface area contributed by atoms with Gasteiger partial charge in [0.2, 0.25) is 0 Å². The molecule has 2 fully saturated rings. The average molecular weight is 958 g/mol. The smallest absolute Gasteiger partial charge is 0.415 e. The molecule has 346 valence electrons. The molecule has 16 nitrogen and oxygen atoms in total. The minimum absolute atomic E-state index is 0. The van der Waals surface area contributed by atoms with Crippen LogP contribution < -0.4 is 34.9 Å². The van der Waals surface area contributed by atoms with Gasteiger partial charge in [-0.25, -0.2) is 38.3 Å². The van der Waals surface area contributed by atoms with E-state index in [1.807, 2.05) is 20.9 Å². The first kappa shape index (κ1) is 50.0. The van der Waals surface area contributed by atoms with Crippen LogP contribution in [-0.2, 0) is 0 Å². The number of hydrogen-bond acceptors (Lipinski definition) is 14. The number of amides is 2. The Morgan fingerprint density at radius 1 is 0.708 bits per heavy atom. The van der Waals surface area contributed by atoms with Crippen molar-refractivity contribution in [2.45, 2.75) is 33.4 Å². The predicted molar refractivity (Wildman–Crippen MR) is 250 cm³/mol. The van der Waals surface area contributed by atoms with Gasteiger partial charge in [-0.3, -0.25) is 0 Å². The number of nitrogens with one attached hydrogen (secondary N) is 3. The molecule has 2 aliphatic heterocycles. The van der Waals surface area contributed by atoms with Gasteiger partial charge >= 0.3 is 12.2 Å². The fraction of sp³-hybridized carbons (Fsp3) is 0.318. The zero-order chi connectivity index (χ0) is 44.8. The summed E-state index contributed by atoms with van der Waals surface area (Å²) in [6.07, 6.45) is 1.76. The van der Waals surface area contributed by atoms with Crippen molar-refractivity contribution in [2.24, 2.45) is 0 Å². The van der Waals surface area contributed by atoms with E-state index >= 15 is 0 Å². The van der Waals surface area contributed by atoms with Gasteiger partial charge in [-0.2, -0.15) is 0 Å². The maximum absolute atomic E-state index is 14.4. The lowest BCUT2D eigenvalue weighted by Gasteiger charge is -2.37. The number of nitrogens with zero attached hydrogens (tertiary/aromatic N) is 7. The summed E-state index contributed by atoms with van der Waals surface area (Å²) in [5.74, 6) is 0.629. The minimum atomic E-state index is -0.594. The summed E-state index contributed by atoms with van der Waals surface area (Å²) in [5, 5.41) is 10.1. The van der Waals surface area contributed by atoms with E-state index in [-0.39, 0.29) is 64.8 Å². The monoisotopic (exact) mass is 956 g/mol. The van der Waals surface area contributed by atoms with Gasteiger partial charge in [0, 0.05) is 74.3 Å². The maximum atomic E-state index is 14.4. The van der Waals surface area contributed by atoms with E-state index in [2.05, 4.69) is 40.8 Å². The van der Waals surface area contributed by atoms with Crippen molar-refractivity contribution >= 4 is 92.6 Å². The Kier molecular flexibility index (Phi) is 17.1. The lowest BCUT2D eigenvalue weighted by Crippen LogP contribution is -2.53. The van der Waals surface area contributed by atoms with Crippen LogP contribution in [0, 0.1) is 11.6 Å². The third-order valence-electron chi connectivity index (χ3n) is 10.4. The van der Waals surface area contributed by atoms with Gasteiger partial charge in [-0.05, 0) is 57.3 Å². The molecule has 3 N–H and O–H groups in total. The number of rotatable bonds is 8. The van der Waals surface area contributed by atoms with Gasteiger partial charge < -0.3 is 49.6 Å². The molecule has 2 aromatic heterocycles. The topological polar surface area (TPSA) is 168 Å².